The Labute approximate surface area is 273 Å². The van der Waals surface area contributed by atoms with E-state index in [2.05, 4.69) is 31.6 Å². The molecule has 2 bridgehead atoms. The number of nitrogens with zero attached hydrogens (tertiary/aromatic N) is 3. The van der Waals surface area contributed by atoms with Crippen LogP contribution in [0, 0.1) is 12.8 Å². The molecule has 2 heterocycles. The van der Waals surface area contributed by atoms with Crippen LogP contribution in [0.2, 0.25) is 0 Å². The predicted molar refractivity (Wildman–Crippen MR) is 172 cm³/mol. The zero-order valence-corrected chi connectivity index (χ0v) is 26.6. The largest absolute Gasteiger partial charge is 0.491 e. The van der Waals surface area contributed by atoms with E-state index in [0.29, 0.717) is 24.4 Å². The van der Waals surface area contributed by atoms with Crippen molar-refractivity contribution >= 4 is 23.6 Å². The van der Waals surface area contributed by atoms with Gasteiger partial charge in [0.05, 0.1) is 31.5 Å². The number of hydrogen-bond acceptors (Lipinski definition) is 8. The molecule has 0 saturated heterocycles. The van der Waals surface area contributed by atoms with Gasteiger partial charge in [0, 0.05) is 6.42 Å². The lowest BCUT2D eigenvalue weighted by Crippen LogP contribution is -2.58. The molecule has 47 heavy (non-hydrogen) atoms. The number of rotatable bonds is 5. The Bertz CT molecular complexity index is 1540. The Morgan fingerprint density at radius 1 is 0.894 bits per heavy atom. The molecule has 13 heteroatoms. The summed E-state index contributed by atoms with van der Waals surface area (Å²) in [4.78, 5) is 54.3. The fraction of sp³-hybridized carbons (Fsp3) is 0.471. The SMILES string of the molecule is Cc1ccc2c(c1)C(=O)N[C@@H](CC1CCCCC1)C(=O)N[C@@H](CO)C(=O)N[C@@H](Cc1ccccc1)C(=O)NCc1cn(nn1)CCO2. The summed E-state index contributed by atoms with van der Waals surface area (Å²) in [6.45, 7) is 1.74. The number of hydrogen-bond donors (Lipinski definition) is 5. The Hall–Kier alpha value is -4.78. The van der Waals surface area contributed by atoms with E-state index < -0.39 is 48.4 Å². The van der Waals surface area contributed by atoms with E-state index in [-0.39, 0.29) is 31.1 Å². The van der Waals surface area contributed by atoms with E-state index in [4.69, 9.17) is 4.74 Å². The third kappa shape index (κ3) is 9.38. The fourth-order valence-electron chi connectivity index (χ4n) is 6.05. The first-order valence-electron chi connectivity index (χ1n) is 16.3. The maximum Gasteiger partial charge on any atom is 0.255 e. The molecule has 5 rings (SSSR count). The normalized spacial score (nSPS) is 22.1. The highest BCUT2D eigenvalue weighted by Gasteiger charge is 2.32. The highest BCUT2D eigenvalue weighted by molar-refractivity contribution is 6.00. The first kappa shape index (κ1) is 33.6. The molecule has 1 aliphatic carbocycles. The summed E-state index contributed by atoms with van der Waals surface area (Å²) in [6.07, 6.45) is 7.32. The summed E-state index contributed by atoms with van der Waals surface area (Å²) in [5.74, 6) is -1.70. The van der Waals surface area contributed by atoms with Crippen LogP contribution < -0.4 is 26.0 Å². The van der Waals surface area contributed by atoms with Crippen LogP contribution in [0.5, 0.6) is 5.75 Å². The van der Waals surface area contributed by atoms with Gasteiger partial charge >= 0.3 is 0 Å². The molecule has 2 aromatic carbocycles. The minimum atomic E-state index is -1.36. The number of aryl methyl sites for hydroxylation is 1. The zero-order chi connectivity index (χ0) is 33.2. The molecule has 4 amide bonds. The van der Waals surface area contributed by atoms with E-state index >= 15 is 0 Å². The maximum absolute atomic E-state index is 13.8. The summed E-state index contributed by atoms with van der Waals surface area (Å²) < 4.78 is 7.58. The number of aliphatic hydroxyl groups is 1. The van der Waals surface area contributed by atoms with Crippen LogP contribution in [0.4, 0.5) is 0 Å². The summed E-state index contributed by atoms with van der Waals surface area (Å²) in [5.41, 5.74) is 2.43. The molecule has 1 saturated carbocycles. The number of amides is 4. The summed E-state index contributed by atoms with van der Waals surface area (Å²) in [6, 6.07) is 11.1. The standard InChI is InChI=1S/C34H43N7O6/c1-22-12-13-30-26(16-22)31(43)36-28(18-24-10-6-3-7-11-24)33(45)38-29(21-42)34(46)37-27(17-23-8-4-2-5-9-23)32(44)35-19-25-20-41(40-39-25)14-15-47-30/h2,4-5,8-9,12-13,16,20,24,27-29,42H,3,6-7,10-11,14-15,17-19,21H2,1H3,(H,35,44)(H,36,43)(H,37,46)(H,38,45)/t27-,28-,29-/m0/s1. The molecule has 0 radical (unpaired) electrons. The van der Waals surface area contributed by atoms with Crippen molar-refractivity contribution in [3.63, 3.8) is 0 Å². The van der Waals surface area contributed by atoms with E-state index in [9.17, 15) is 24.3 Å². The predicted octanol–water partition coefficient (Wildman–Crippen LogP) is 1.57. The monoisotopic (exact) mass is 645 g/mol. The van der Waals surface area contributed by atoms with Gasteiger partial charge in [-0.1, -0.05) is 79.3 Å². The van der Waals surface area contributed by atoms with E-state index in [1.165, 1.54) is 0 Å². The summed E-state index contributed by atoms with van der Waals surface area (Å²) >= 11 is 0. The van der Waals surface area contributed by atoms with Gasteiger partial charge in [-0.3, -0.25) is 19.2 Å². The molecule has 1 fully saturated rings. The van der Waals surface area contributed by atoms with Crippen LogP contribution in [0.1, 0.15) is 65.7 Å². The van der Waals surface area contributed by atoms with Gasteiger partial charge in [-0.05, 0) is 37.0 Å². The van der Waals surface area contributed by atoms with Gasteiger partial charge in [0.1, 0.15) is 36.2 Å². The van der Waals surface area contributed by atoms with Crippen LogP contribution in [-0.2, 0) is 33.9 Å². The molecular formula is C34H43N7O6. The molecule has 5 N–H and O–H groups in total. The van der Waals surface area contributed by atoms with Crippen molar-refractivity contribution in [1.29, 1.82) is 0 Å². The Morgan fingerprint density at radius 3 is 2.40 bits per heavy atom. The van der Waals surface area contributed by atoms with Gasteiger partial charge in [0.2, 0.25) is 17.7 Å². The van der Waals surface area contributed by atoms with Crippen molar-refractivity contribution in [2.45, 2.75) is 83.1 Å². The van der Waals surface area contributed by atoms with Gasteiger partial charge in [-0.15, -0.1) is 5.10 Å². The molecule has 1 aromatic heterocycles. The number of ether oxygens (including phenoxy) is 1. The van der Waals surface area contributed by atoms with Crippen molar-refractivity contribution in [2.24, 2.45) is 5.92 Å². The van der Waals surface area contributed by atoms with Crippen molar-refractivity contribution in [1.82, 2.24) is 36.3 Å². The number of nitrogens with one attached hydrogen (secondary N) is 4. The molecule has 13 nitrogen and oxygen atoms in total. The summed E-state index contributed by atoms with van der Waals surface area (Å²) in [7, 11) is 0. The number of fused-ring (bicyclic) bond motifs is 3. The van der Waals surface area contributed by atoms with Crippen LogP contribution in [-0.4, -0.2) is 75.1 Å². The first-order chi connectivity index (χ1) is 22.8. The van der Waals surface area contributed by atoms with Gasteiger partial charge in [-0.25, -0.2) is 4.68 Å². The highest BCUT2D eigenvalue weighted by atomic mass is 16.5. The third-order valence-corrected chi connectivity index (χ3v) is 8.63. The van der Waals surface area contributed by atoms with Crippen molar-refractivity contribution < 1.29 is 29.0 Å². The van der Waals surface area contributed by atoms with Crippen molar-refractivity contribution in [2.75, 3.05) is 13.2 Å². The quantitative estimate of drug-likeness (QED) is 0.278. The summed E-state index contributed by atoms with van der Waals surface area (Å²) in [5, 5.41) is 29.5. The lowest BCUT2D eigenvalue weighted by molar-refractivity contribution is -0.133. The van der Waals surface area contributed by atoms with E-state index in [1.54, 1.807) is 23.0 Å². The van der Waals surface area contributed by atoms with Crippen LogP contribution in [0.25, 0.3) is 0 Å². The van der Waals surface area contributed by atoms with Gasteiger partial charge in [0.25, 0.3) is 5.91 Å². The molecule has 2 aliphatic rings. The number of carbonyl (C=O) groups is 4. The van der Waals surface area contributed by atoms with Gasteiger partial charge in [-0.2, -0.15) is 0 Å². The fourth-order valence-corrected chi connectivity index (χ4v) is 6.05. The Kier molecular flexibility index (Phi) is 11.6. The molecule has 3 atom stereocenters. The first-order valence-corrected chi connectivity index (χ1v) is 16.3. The van der Waals surface area contributed by atoms with Crippen LogP contribution >= 0.6 is 0 Å². The lowest BCUT2D eigenvalue weighted by Gasteiger charge is -2.28. The zero-order valence-electron chi connectivity index (χ0n) is 26.6. The molecule has 0 unspecified atom stereocenters. The number of carbonyl (C=O) groups excluding carboxylic acids is 4. The number of aromatic nitrogens is 3. The van der Waals surface area contributed by atoms with Crippen molar-refractivity contribution in [3.05, 3.63) is 77.1 Å². The van der Waals surface area contributed by atoms with E-state index in [0.717, 1.165) is 43.2 Å². The average Bonchev–Trinajstić information content (AvgIpc) is 3.54. The topological polar surface area (TPSA) is 177 Å². The lowest BCUT2D eigenvalue weighted by atomic mass is 9.84. The minimum absolute atomic E-state index is 0.0617. The second kappa shape index (κ2) is 16.2. The smallest absolute Gasteiger partial charge is 0.255 e. The second-order valence-corrected chi connectivity index (χ2v) is 12.3. The molecule has 0 spiro atoms. The number of aliphatic hydroxyl groups excluding tert-OH is 1. The van der Waals surface area contributed by atoms with Crippen LogP contribution in [0.15, 0.2) is 54.7 Å². The Balaban J connectivity index is 1.43. The maximum atomic E-state index is 13.8. The number of benzene rings is 2. The van der Waals surface area contributed by atoms with Gasteiger partial charge < -0.3 is 31.1 Å². The molecule has 1 aliphatic heterocycles. The molecule has 3 aromatic rings. The van der Waals surface area contributed by atoms with E-state index in [1.807, 2.05) is 43.3 Å². The third-order valence-electron chi connectivity index (χ3n) is 8.63. The average molecular weight is 646 g/mol. The molecule has 250 valence electrons. The second-order valence-electron chi connectivity index (χ2n) is 12.3. The van der Waals surface area contributed by atoms with Gasteiger partial charge in [0.15, 0.2) is 0 Å². The Morgan fingerprint density at radius 2 is 1.64 bits per heavy atom. The van der Waals surface area contributed by atoms with Crippen LogP contribution in [0.3, 0.4) is 0 Å². The highest BCUT2D eigenvalue weighted by Crippen LogP contribution is 2.28. The minimum Gasteiger partial charge on any atom is -0.491 e. The molecular weight excluding hydrogens is 602 g/mol. The van der Waals surface area contributed by atoms with Crippen molar-refractivity contribution in [3.8, 4) is 5.75 Å².